The van der Waals surface area contributed by atoms with Crippen molar-refractivity contribution >= 4 is 16.9 Å². The zero-order chi connectivity index (χ0) is 18.1. The van der Waals surface area contributed by atoms with Crippen LogP contribution < -0.4 is 10.4 Å². The van der Waals surface area contributed by atoms with Gasteiger partial charge in [-0.05, 0) is 44.5 Å². The third-order valence-corrected chi connectivity index (χ3v) is 3.97. The number of nitrogens with zero attached hydrogens (tertiary/aromatic N) is 2. The van der Waals surface area contributed by atoms with Crippen molar-refractivity contribution in [3.8, 4) is 17.0 Å². The summed E-state index contributed by atoms with van der Waals surface area (Å²) in [5.74, 6) is 0.0425. The Morgan fingerprint density at radius 2 is 1.92 bits per heavy atom. The Balaban J connectivity index is 2.29. The Hall–Kier alpha value is -2.95. The molecular weight excluding hydrogens is 316 g/mol. The molecule has 0 bridgehead atoms. The van der Waals surface area contributed by atoms with E-state index >= 15 is 0 Å². The first kappa shape index (κ1) is 16.9. The molecule has 0 radical (unpaired) electrons. The molecule has 0 unspecified atom stereocenters. The van der Waals surface area contributed by atoms with Crippen molar-refractivity contribution in [2.24, 2.45) is 0 Å². The van der Waals surface area contributed by atoms with Crippen LogP contribution in [0.25, 0.3) is 22.2 Å². The van der Waals surface area contributed by atoms with Crippen LogP contribution in [0.2, 0.25) is 0 Å². The Morgan fingerprint density at radius 3 is 2.60 bits per heavy atom. The summed E-state index contributed by atoms with van der Waals surface area (Å²) in [5, 5.41) is 0.888. The fraction of sp³-hybridized carbons (Fsp3) is 0.250. The van der Waals surface area contributed by atoms with Gasteiger partial charge in [0.1, 0.15) is 5.75 Å². The molecule has 0 saturated heterocycles. The molecule has 5 nitrogen and oxygen atoms in total. The predicted molar refractivity (Wildman–Crippen MR) is 97.9 cm³/mol. The second kappa shape index (κ2) is 6.51. The minimum atomic E-state index is -0.388. The van der Waals surface area contributed by atoms with E-state index in [1.54, 1.807) is 22.8 Å². The van der Waals surface area contributed by atoms with Gasteiger partial charge in [0.15, 0.2) is 0 Å². The minimum absolute atomic E-state index is 0.00531. The summed E-state index contributed by atoms with van der Waals surface area (Å²) in [6.45, 7) is 7.28. The van der Waals surface area contributed by atoms with Crippen LogP contribution in [-0.4, -0.2) is 15.5 Å². The number of hydrogen-bond donors (Lipinski definition) is 0. The van der Waals surface area contributed by atoms with E-state index in [1.165, 1.54) is 6.92 Å². The van der Waals surface area contributed by atoms with Crippen LogP contribution >= 0.6 is 0 Å². The third kappa shape index (κ3) is 3.31. The lowest BCUT2D eigenvalue weighted by atomic mass is 10.0. The maximum atomic E-state index is 12.6. The predicted octanol–water partition coefficient (Wildman–Crippen LogP) is 3.88. The second-order valence-electron chi connectivity index (χ2n) is 6.35. The van der Waals surface area contributed by atoms with E-state index in [-0.39, 0.29) is 17.7 Å². The highest BCUT2D eigenvalue weighted by Gasteiger charge is 2.15. The number of fused-ring (bicyclic) bond motifs is 1. The molecule has 2 aromatic carbocycles. The fourth-order valence-corrected chi connectivity index (χ4v) is 2.95. The van der Waals surface area contributed by atoms with Gasteiger partial charge in [0.25, 0.3) is 0 Å². The summed E-state index contributed by atoms with van der Waals surface area (Å²) in [5.41, 5.74) is 2.96. The van der Waals surface area contributed by atoms with Gasteiger partial charge in [0.2, 0.25) is 0 Å². The van der Waals surface area contributed by atoms with Crippen molar-refractivity contribution in [2.45, 2.75) is 33.7 Å². The third-order valence-electron chi connectivity index (χ3n) is 3.97. The summed E-state index contributed by atoms with van der Waals surface area (Å²) >= 11 is 0. The molecule has 0 aliphatic heterocycles. The van der Waals surface area contributed by atoms with Crippen LogP contribution in [-0.2, 0) is 4.79 Å². The molecule has 0 spiro atoms. The van der Waals surface area contributed by atoms with Gasteiger partial charge in [0.05, 0.1) is 11.2 Å². The van der Waals surface area contributed by atoms with Gasteiger partial charge < -0.3 is 4.74 Å². The van der Waals surface area contributed by atoms with Crippen LogP contribution in [0.15, 0.2) is 47.3 Å². The lowest BCUT2D eigenvalue weighted by molar-refractivity contribution is -0.131. The van der Waals surface area contributed by atoms with Gasteiger partial charge in [-0.3, -0.25) is 9.36 Å². The number of esters is 1. The van der Waals surface area contributed by atoms with E-state index < -0.39 is 0 Å². The summed E-state index contributed by atoms with van der Waals surface area (Å²) in [6, 6.07) is 13.0. The van der Waals surface area contributed by atoms with Crippen molar-refractivity contribution in [2.75, 3.05) is 0 Å². The van der Waals surface area contributed by atoms with Gasteiger partial charge in [-0.25, -0.2) is 4.79 Å². The molecule has 3 aromatic rings. The normalized spacial score (nSPS) is 11.1. The molecule has 0 fully saturated rings. The Labute approximate surface area is 145 Å². The Morgan fingerprint density at radius 1 is 1.16 bits per heavy atom. The maximum absolute atomic E-state index is 12.6. The van der Waals surface area contributed by atoms with E-state index in [0.717, 1.165) is 22.0 Å². The largest absolute Gasteiger partial charge is 0.427 e. The molecular formula is C20H20N2O3. The standard InChI is InChI=1S/C20H20N2O3/c1-12(2)22-18-10-13(3)8-9-17(18)19(21-20(22)24)15-6-5-7-16(11-15)25-14(4)23/h5-12H,1-4H3. The second-order valence-corrected chi connectivity index (χ2v) is 6.35. The fourth-order valence-electron chi connectivity index (χ4n) is 2.95. The van der Waals surface area contributed by atoms with Crippen molar-refractivity contribution in [3.05, 3.63) is 58.5 Å². The number of aromatic nitrogens is 2. The molecule has 5 heteroatoms. The molecule has 0 saturated carbocycles. The molecule has 0 aliphatic rings. The average Bonchev–Trinajstić information content (AvgIpc) is 2.53. The van der Waals surface area contributed by atoms with Crippen LogP contribution in [0.4, 0.5) is 0 Å². The lowest BCUT2D eigenvalue weighted by Crippen LogP contribution is -2.25. The van der Waals surface area contributed by atoms with Crippen LogP contribution in [0.1, 0.15) is 32.4 Å². The van der Waals surface area contributed by atoms with Crippen molar-refractivity contribution in [1.82, 2.24) is 9.55 Å². The van der Waals surface area contributed by atoms with Crippen LogP contribution in [0.5, 0.6) is 5.75 Å². The highest BCUT2D eigenvalue weighted by atomic mass is 16.5. The van der Waals surface area contributed by atoms with Crippen LogP contribution in [0, 0.1) is 6.92 Å². The first-order chi connectivity index (χ1) is 11.9. The highest BCUT2D eigenvalue weighted by molar-refractivity contribution is 5.93. The molecule has 1 aromatic heterocycles. The highest BCUT2D eigenvalue weighted by Crippen LogP contribution is 2.29. The number of aryl methyl sites for hydroxylation is 1. The topological polar surface area (TPSA) is 61.2 Å². The van der Waals surface area contributed by atoms with Gasteiger partial charge >= 0.3 is 11.7 Å². The van der Waals surface area contributed by atoms with Gasteiger partial charge in [-0.15, -0.1) is 0 Å². The first-order valence-electron chi connectivity index (χ1n) is 8.18. The van der Waals surface area contributed by atoms with E-state index in [0.29, 0.717) is 11.4 Å². The summed E-state index contributed by atoms with van der Waals surface area (Å²) < 4.78 is 6.85. The van der Waals surface area contributed by atoms with E-state index in [1.807, 2.05) is 45.0 Å². The van der Waals surface area contributed by atoms with Gasteiger partial charge in [-0.2, -0.15) is 4.98 Å². The van der Waals surface area contributed by atoms with E-state index in [2.05, 4.69) is 4.98 Å². The summed E-state index contributed by atoms with van der Waals surface area (Å²) in [6.07, 6.45) is 0. The van der Waals surface area contributed by atoms with E-state index in [9.17, 15) is 9.59 Å². The minimum Gasteiger partial charge on any atom is -0.427 e. The zero-order valence-corrected chi connectivity index (χ0v) is 14.7. The zero-order valence-electron chi connectivity index (χ0n) is 14.7. The Kier molecular flexibility index (Phi) is 4.40. The average molecular weight is 336 g/mol. The lowest BCUT2D eigenvalue weighted by Gasteiger charge is -2.16. The number of rotatable bonds is 3. The number of hydrogen-bond acceptors (Lipinski definition) is 4. The van der Waals surface area contributed by atoms with Crippen molar-refractivity contribution < 1.29 is 9.53 Å². The first-order valence-corrected chi connectivity index (χ1v) is 8.18. The molecule has 3 rings (SSSR count). The van der Waals surface area contributed by atoms with Crippen molar-refractivity contribution in [3.63, 3.8) is 0 Å². The van der Waals surface area contributed by atoms with Gasteiger partial charge in [0, 0.05) is 23.9 Å². The number of carbonyl (C=O) groups excluding carboxylic acids is 1. The number of carbonyl (C=O) groups is 1. The summed E-state index contributed by atoms with van der Waals surface area (Å²) in [7, 11) is 0. The molecule has 0 amide bonds. The quantitative estimate of drug-likeness (QED) is 0.538. The van der Waals surface area contributed by atoms with E-state index in [4.69, 9.17) is 4.74 Å². The van der Waals surface area contributed by atoms with Crippen molar-refractivity contribution in [1.29, 1.82) is 0 Å². The SMILES string of the molecule is CC(=O)Oc1cccc(-c2nc(=O)n(C(C)C)c3cc(C)ccc23)c1. The summed E-state index contributed by atoms with van der Waals surface area (Å²) in [4.78, 5) is 28.1. The Bertz CT molecular complexity index is 1020. The molecule has 25 heavy (non-hydrogen) atoms. The molecule has 0 aliphatic carbocycles. The monoisotopic (exact) mass is 336 g/mol. The smallest absolute Gasteiger partial charge is 0.348 e. The molecule has 0 atom stereocenters. The molecule has 128 valence electrons. The maximum Gasteiger partial charge on any atom is 0.348 e. The van der Waals surface area contributed by atoms with Crippen LogP contribution in [0.3, 0.4) is 0 Å². The molecule has 1 heterocycles. The molecule has 0 N–H and O–H groups in total. The van der Waals surface area contributed by atoms with Gasteiger partial charge in [-0.1, -0.05) is 24.3 Å². The number of benzene rings is 2. The number of ether oxygens (including phenoxy) is 1.